The molecule has 1 aromatic heterocycles. The van der Waals surface area contributed by atoms with Crippen molar-refractivity contribution in [2.24, 2.45) is 0 Å². The molecule has 21 heavy (non-hydrogen) atoms. The van der Waals surface area contributed by atoms with Crippen molar-refractivity contribution >= 4 is 27.1 Å². The van der Waals surface area contributed by atoms with E-state index in [0.717, 1.165) is 17.7 Å². The number of amides is 1. The monoisotopic (exact) mass is 330 g/mol. The predicted molar refractivity (Wildman–Crippen MR) is 84.9 cm³/mol. The molecule has 118 valence electrons. The van der Waals surface area contributed by atoms with Crippen LogP contribution in [0.5, 0.6) is 0 Å². The van der Waals surface area contributed by atoms with Gasteiger partial charge in [-0.3, -0.25) is 10.1 Å². The third-order valence-electron chi connectivity index (χ3n) is 3.72. The average molecular weight is 330 g/mol. The number of hydrogen-bond donors (Lipinski definition) is 1. The second-order valence-corrected chi connectivity index (χ2v) is 8.65. The summed E-state index contributed by atoms with van der Waals surface area (Å²) in [4.78, 5) is 15.2. The zero-order chi connectivity index (χ0) is 15.5. The Morgan fingerprint density at radius 3 is 2.71 bits per heavy atom. The minimum atomic E-state index is -3.07. The molecule has 7 heteroatoms. The molecule has 1 aromatic rings. The maximum atomic E-state index is 12.5. The van der Waals surface area contributed by atoms with Gasteiger partial charge in [-0.05, 0) is 17.9 Å². The maximum absolute atomic E-state index is 12.5. The first-order valence-electron chi connectivity index (χ1n) is 7.29. The lowest BCUT2D eigenvalue weighted by Gasteiger charge is -2.23. The van der Waals surface area contributed by atoms with Gasteiger partial charge in [-0.2, -0.15) is 0 Å². The summed E-state index contributed by atoms with van der Waals surface area (Å²) in [5.41, 5.74) is 0. The summed E-state index contributed by atoms with van der Waals surface area (Å²) in [5, 5.41) is 5.31. The fraction of sp³-hybridized carbons (Fsp3) is 0.643. The predicted octanol–water partition coefficient (Wildman–Crippen LogP) is 1.78. The van der Waals surface area contributed by atoms with Gasteiger partial charge >= 0.3 is 0 Å². The van der Waals surface area contributed by atoms with E-state index in [2.05, 4.69) is 5.32 Å². The van der Waals surface area contributed by atoms with Gasteiger partial charge in [0, 0.05) is 17.2 Å². The summed E-state index contributed by atoms with van der Waals surface area (Å²) in [6.45, 7) is 3.93. The van der Waals surface area contributed by atoms with E-state index >= 15 is 0 Å². The Labute approximate surface area is 130 Å². The molecule has 2 rings (SSSR count). The lowest BCUT2D eigenvalue weighted by Crippen LogP contribution is -2.35. The molecule has 0 aliphatic carbocycles. The number of rotatable bonds is 7. The second-order valence-electron chi connectivity index (χ2n) is 5.19. The second kappa shape index (κ2) is 6.89. The molecule has 2 heterocycles. The Kier molecular flexibility index (Phi) is 5.40. The standard InChI is InChI=1S/C14H22N2O3S2/c1-3-6-11-14(17)16(8-10-21(18,19)4-2)13(15-11)12-7-5-9-20-12/h5,7,9,11,13,15H,3-4,6,8,10H2,1-2H3. The van der Waals surface area contributed by atoms with Crippen molar-refractivity contribution in [1.82, 2.24) is 10.2 Å². The van der Waals surface area contributed by atoms with Gasteiger partial charge in [0.05, 0.1) is 11.8 Å². The fourth-order valence-electron chi connectivity index (χ4n) is 2.48. The summed E-state index contributed by atoms with van der Waals surface area (Å²) >= 11 is 1.58. The van der Waals surface area contributed by atoms with Gasteiger partial charge in [0.25, 0.3) is 0 Å². The van der Waals surface area contributed by atoms with E-state index in [4.69, 9.17) is 0 Å². The van der Waals surface area contributed by atoms with Crippen molar-refractivity contribution in [2.75, 3.05) is 18.1 Å². The number of nitrogens with zero attached hydrogens (tertiary/aromatic N) is 1. The number of nitrogens with one attached hydrogen (secondary N) is 1. The number of carbonyl (C=O) groups excluding carboxylic acids is 1. The van der Waals surface area contributed by atoms with Crippen LogP contribution in [-0.4, -0.2) is 43.3 Å². The van der Waals surface area contributed by atoms with Crippen molar-refractivity contribution in [2.45, 2.75) is 38.9 Å². The normalized spacial score (nSPS) is 23.0. The van der Waals surface area contributed by atoms with E-state index in [9.17, 15) is 13.2 Å². The molecule has 2 atom stereocenters. The van der Waals surface area contributed by atoms with E-state index in [1.165, 1.54) is 0 Å². The van der Waals surface area contributed by atoms with E-state index in [1.807, 2.05) is 24.4 Å². The topological polar surface area (TPSA) is 66.5 Å². The van der Waals surface area contributed by atoms with E-state index in [1.54, 1.807) is 23.2 Å². The Bertz CT molecular complexity index is 569. The molecule has 0 aromatic carbocycles. The van der Waals surface area contributed by atoms with Crippen LogP contribution in [0.3, 0.4) is 0 Å². The third-order valence-corrected chi connectivity index (χ3v) is 6.33. The van der Waals surface area contributed by atoms with Gasteiger partial charge in [0.15, 0.2) is 9.84 Å². The summed E-state index contributed by atoms with van der Waals surface area (Å²) in [7, 11) is -3.07. The summed E-state index contributed by atoms with van der Waals surface area (Å²) in [6, 6.07) is 3.72. The molecule has 0 saturated carbocycles. The van der Waals surface area contributed by atoms with E-state index < -0.39 is 9.84 Å². The third kappa shape index (κ3) is 3.84. The summed E-state index contributed by atoms with van der Waals surface area (Å²) < 4.78 is 23.4. The smallest absolute Gasteiger partial charge is 0.241 e. The van der Waals surface area contributed by atoms with Crippen molar-refractivity contribution in [3.63, 3.8) is 0 Å². The summed E-state index contributed by atoms with van der Waals surface area (Å²) in [5.74, 6) is 0.156. The lowest BCUT2D eigenvalue weighted by molar-refractivity contribution is -0.129. The zero-order valence-corrected chi connectivity index (χ0v) is 14.0. The number of thiophene rings is 1. The summed E-state index contributed by atoms with van der Waals surface area (Å²) in [6.07, 6.45) is 1.50. The Morgan fingerprint density at radius 2 is 2.14 bits per heavy atom. The SMILES string of the molecule is CCCC1NC(c2cccs2)N(CCS(=O)(=O)CC)C1=O. The molecule has 1 amide bonds. The molecule has 1 N–H and O–H groups in total. The van der Waals surface area contributed by atoms with E-state index in [0.29, 0.717) is 0 Å². The minimum absolute atomic E-state index is 0.0153. The lowest BCUT2D eigenvalue weighted by atomic mass is 10.2. The highest BCUT2D eigenvalue weighted by molar-refractivity contribution is 7.91. The number of sulfone groups is 1. The van der Waals surface area contributed by atoms with Gasteiger partial charge < -0.3 is 4.90 Å². The van der Waals surface area contributed by atoms with Gasteiger partial charge in [-0.25, -0.2) is 8.42 Å². The van der Waals surface area contributed by atoms with Crippen LogP contribution in [0.2, 0.25) is 0 Å². The molecule has 5 nitrogen and oxygen atoms in total. The highest BCUT2D eigenvalue weighted by Gasteiger charge is 2.39. The van der Waals surface area contributed by atoms with Crippen molar-refractivity contribution in [3.05, 3.63) is 22.4 Å². The number of carbonyl (C=O) groups is 1. The van der Waals surface area contributed by atoms with Crippen LogP contribution < -0.4 is 5.32 Å². The van der Waals surface area contributed by atoms with Crippen molar-refractivity contribution < 1.29 is 13.2 Å². The fourth-order valence-corrected chi connectivity index (χ4v) is 4.04. The largest absolute Gasteiger partial charge is 0.320 e. The molecular weight excluding hydrogens is 308 g/mol. The Morgan fingerprint density at radius 1 is 1.38 bits per heavy atom. The highest BCUT2D eigenvalue weighted by atomic mass is 32.2. The van der Waals surface area contributed by atoms with Gasteiger partial charge in [0.1, 0.15) is 6.17 Å². The molecule has 1 aliphatic heterocycles. The average Bonchev–Trinajstić information content (AvgIpc) is 3.07. The molecule has 1 aliphatic rings. The van der Waals surface area contributed by atoms with Crippen LogP contribution in [0.25, 0.3) is 0 Å². The highest BCUT2D eigenvalue weighted by Crippen LogP contribution is 2.29. The van der Waals surface area contributed by atoms with Crippen LogP contribution >= 0.6 is 11.3 Å². The van der Waals surface area contributed by atoms with Crippen molar-refractivity contribution in [1.29, 1.82) is 0 Å². The molecule has 1 fully saturated rings. The maximum Gasteiger partial charge on any atom is 0.241 e. The molecular formula is C14H22N2O3S2. The quantitative estimate of drug-likeness (QED) is 0.827. The Hall–Kier alpha value is -0.920. The van der Waals surface area contributed by atoms with Gasteiger partial charge in [0.2, 0.25) is 5.91 Å². The first kappa shape index (κ1) is 16.5. The first-order valence-corrected chi connectivity index (χ1v) is 9.99. The van der Waals surface area contributed by atoms with Crippen LogP contribution in [0, 0.1) is 0 Å². The van der Waals surface area contributed by atoms with Gasteiger partial charge in [-0.1, -0.05) is 26.3 Å². The van der Waals surface area contributed by atoms with Crippen LogP contribution in [0.1, 0.15) is 37.7 Å². The van der Waals surface area contributed by atoms with Crippen LogP contribution in [-0.2, 0) is 14.6 Å². The molecule has 0 bridgehead atoms. The molecule has 0 radical (unpaired) electrons. The minimum Gasteiger partial charge on any atom is -0.320 e. The number of hydrogen-bond acceptors (Lipinski definition) is 5. The van der Waals surface area contributed by atoms with E-state index in [-0.39, 0.29) is 36.2 Å². The van der Waals surface area contributed by atoms with Crippen LogP contribution in [0.4, 0.5) is 0 Å². The van der Waals surface area contributed by atoms with Gasteiger partial charge in [-0.15, -0.1) is 11.3 Å². The van der Waals surface area contributed by atoms with Crippen LogP contribution in [0.15, 0.2) is 17.5 Å². The zero-order valence-electron chi connectivity index (χ0n) is 12.4. The van der Waals surface area contributed by atoms with Crippen molar-refractivity contribution in [3.8, 4) is 0 Å². The first-order chi connectivity index (χ1) is 9.98. The molecule has 1 saturated heterocycles. The Balaban J connectivity index is 2.15. The molecule has 0 spiro atoms. The molecule has 2 unspecified atom stereocenters.